The van der Waals surface area contributed by atoms with Gasteiger partial charge in [0.1, 0.15) is 18.3 Å². The van der Waals surface area contributed by atoms with Crippen molar-refractivity contribution < 1.29 is 39.9 Å². The summed E-state index contributed by atoms with van der Waals surface area (Å²) < 4.78 is 0. The van der Waals surface area contributed by atoms with Crippen molar-refractivity contribution in [1.82, 2.24) is 5.32 Å². The number of hydrogen-bond acceptors (Lipinski definition) is 9. The van der Waals surface area contributed by atoms with E-state index in [-0.39, 0.29) is 30.2 Å². The Morgan fingerprint density at radius 2 is 1.41 bits per heavy atom. The molecule has 3 rings (SSSR count). The van der Waals surface area contributed by atoms with Gasteiger partial charge in [0.2, 0.25) is 0 Å². The van der Waals surface area contributed by atoms with E-state index in [1.54, 1.807) is 42.5 Å². The third-order valence-corrected chi connectivity index (χ3v) is 5.20. The summed E-state index contributed by atoms with van der Waals surface area (Å²) in [6.07, 6.45) is -7.62. The Morgan fingerprint density at radius 3 is 2.03 bits per heavy atom. The molecule has 10 nitrogen and oxygen atoms in total. The molecule has 32 heavy (non-hydrogen) atoms. The highest BCUT2D eigenvalue weighted by molar-refractivity contribution is 6.28. The lowest BCUT2D eigenvalue weighted by Gasteiger charge is -2.25. The van der Waals surface area contributed by atoms with E-state index in [4.69, 9.17) is 5.11 Å². The van der Waals surface area contributed by atoms with Gasteiger partial charge in [-0.15, -0.1) is 0 Å². The number of hydrogen-bond donors (Lipinski definition) is 7. The normalized spacial score (nSPS) is 16.4. The minimum Gasteiger partial charge on any atom is -0.394 e. The molecule has 0 aromatic heterocycles. The summed E-state index contributed by atoms with van der Waals surface area (Å²) in [4.78, 5) is 37.3. The molecule has 0 radical (unpaired) electrons. The quantitative estimate of drug-likeness (QED) is 0.192. The van der Waals surface area contributed by atoms with E-state index in [1.807, 2.05) is 0 Å². The van der Waals surface area contributed by atoms with Crippen molar-refractivity contribution in [1.29, 1.82) is 0 Å². The monoisotopic (exact) mass is 444 g/mol. The van der Waals surface area contributed by atoms with Gasteiger partial charge >= 0.3 is 0 Å². The van der Waals surface area contributed by atoms with Crippen molar-refractivity contribution >= 4 is 23.2 Å². The van der Waals surface area contributed by atoms with Crippen LogP contribution < -0.4 is 10.6 Å². The van der Waals surface area contributed by atoms with Crippen LogP contribution in [0.5, 0.6) is 0 Å². The molecule has 10 heteroatoms. The molecule has 7 N–H and O–H groups in total. The van der Waals surface area contributed by atoms with E-state index in [9.17, 15) is 34.8 Å². The lowest BCUT2D eigenvalue weighted by atomic mass is 9.84. The van der Waals surface area contributed by atoms with E-state index < -0.39 is 36.9 Å². The predicted molar refractivity (Wildman–Crippen MR) is 112 cm³/mol. The number of fused-ring (bicyclic) bond motifs is 2. The molecule has 0 saturated heterocycles. The summed E-state index contributed by atoms with van der Waals surface area (Å²) in [5.74, 6) is -1.46. The summed E-state index contributed by atoms with van der Waals surface area (Å²) in [6, 6.07) is 11.3. The molecule has 170 valence electrons. The van der Waals surface area contributed by atoms with Crippen molar-refractivity contribution in [2.45, 2.75) is 24.4 Å². The molecule has 0 fully saturated rings. The average molecular weight is 444 g/mol. The van der Waals surface area contributed by atoms with Crippen molar-refractivity contribution in [3.05, 3.63) is 64.7 Å². The van der Waals surface area contributed by atoms with Crippen molar-refractivity contribution in [3.8, 4) is 0 Å². The van der Waals surface area contributed by atoms with Crippen LogP contribution in [0.3, 0.4) is 0 Å². The first kappa shape index (κ1) is 23.5. The van der Waals surface area contributed by atoms with Gasteiger partial charge in [0.15, 0.2) is 17.7 Å². The van der Waals surface area contributed by atoms with E-state index in [0.29, 0.717) is 22.4 Å². The third-order valence-electron chi connectivity index (χ3n) is 5.20. The Balaban J connectivity index is 1.56. The Kier molecular flexibility index (Phi) is 7.33. The van der Waals surface area contributed by atoms with Crippen LogP contribution in [0.1, 0.15) is 31.8 Å². The number of rotatable bonds is 9. The van der Waals surface area contributed by atoms with Gasteiger partial charge in [0.05, 0.1) is 6.61 Å². The molecule has 2 aromatic carbocycles. The second-order valence-corrected chi connectivity index (χ2v) is 7.36. The minimum absolute atomic E-state index is 0.0219. The van der Waals surface area contributed by atoms with Gasteiger partial charge in [0, 0.05) is 41.0 Å². The summed E-state index contributed by atoms with van der Waals surface area (Å²) in [7, 11) is 0. The Bertz CT molecular complexity index is 1020. The molecule has 0 spiro atoms. The second kappa shape index (κ2) is 9.98. The molecule has 1 aliphatic carbocycles. The molecule has 4 atom stereocenters. The number of carbonyl (C=O) groups excluding carboxylic acids is 3. The number of amides is 1. The third kappa shape index (κ3) is 4.69. The van der Waals surface area contributed by atoms with Crippen molar-refractivity contribution in [3.63, 3.8) is 0 Å². The fraction of sp³-hybridized carbons (Fsp3) is 0.318. The zero-order chi connectivity index (χ0) is 23.4. The van der Waals surface area contributed by atoms with Crippen LogP contribution in [0.4, 0.5) is 5.69 Å². The molecular formula is C22H24N2O8. The first-order valence-electron chi connectivity index (χ1n) is 9.93. The zero-order valence-electron chi connectivity index (χ0n) is 16.9. The van der Waals surface area contributed by atoms with Gasteiger partial charge in [-0.05, 0) is 18.2 Å². The fourth-order valence-electron chi connectivity index (χ4n) is 3.38. The average Bonchev–Trinajstić information content (AvgIpc) is 2.82. The van der Waals surface area contributed by atoms with Crippen molar-refractivity contribution in [2.75, 3.05) is 25.0 Å². The van der Waals surface area contributed by atoms with E-state index in [0.717, 1.165) is 0 Å². The molecule has 0 aliphatic heterocycles. The molecule has 0 heterocycles. The SMILES string of the molecule is O=C1c2ccccc2C(=O)c2cc(NCCNC(=O)C(O)C(O)C(O)C(O)CO)ccc21. The van der Waals surface area contributed by atoms with Crippen LogP contribution >= 0.6 is 0 Å². The minimum atomic E-state index is -2.02. The summed E-state index contributed by atoms with van der Waals surface area (Å²) >= 11 is 0. The Labute approximate surface area is 183 Å². The van der Waals surface area contributed by atoms with Gasteiger partial charge < -0.3 is 36.2 Å². The zero-order valence-corrected chi connectivity index (χ0v) is 16.9. The summed E-state index contributed by atoms with van der Waals surface area (Å²) in [6.45, 7) is -0.640. The maximum Gasteiger partial charge on any atom is 0.251 e. The first-order valence-corrected chi connectivity index (χ1v) is 9.93. The number of anilines is 1. The van der Waals surface area contributed by atoms with E-state index in [1.165, 1.54) is 0 Å². The van der Waals surface area contributed by atoms with Gasteiger partial charge in [-0.25, -0.2) is 0 Å². The Hall–Kier alpha value is -3.15. The molecular weight excluding hydrogens is 420 g/mol. The highest BCUT2D eigenvalue weighted by Gasteiger charge is 2.34. The van der Waals surface area contributed by atoms with Crippen LogP contribution in [0.2, 0.25) is 0 Å². The molecule has 4 unspecified atom stereocenters. The topological polar surface area (TPSA) is 176 Å². The fourth-order valence-corrected chi connectivity index (χ4v) is 3.38. The van der Waals surface area contributed by atoms with Gasteiger partial charge in [0.25, 0.3) is 5.91 Å². The van der Waals surface area contributed by atoms with E-state index >= 15 is 0 Å². The summed E-state index contributed by atoms with van der Waals surface area (Å²) in [5, 5.41) is 52.4. The number of carbonyl (C=O) groups is 3. The molecule has 1 amide bonds. The maximum absolute atomic E-state index is 12.7. The molecule has 0 saturated carbocycles. The van der Waals surface area contributed by atoms with Gasteiger partial charge in [-0.3, -0.25) is 14.4 Å². The lowest BCUT2D eigenvalue weighted by molar-refractivity contribution is -0.148. The Morgan fingerprint density at radius 1 is 0.812 bits per heavy atom. The summed E-state index contributed by atoms with van der Waals surface area (Å²) in [5.41, 5.74) is 1.84. The molecule has 2 aromatic rings. The number of aliphatic hydroxyl groups excluding tert-OH is 5. The van der Waals surface area contributed by atoms with Gasteiger partial charge in [-0.2, -0.15) is 0 Å². The standard InChI is InChI=1S/C22H24N2O8/c25-10-16(26)19(29)20(30)21(31)22(32)24-8-7-23-11-5-6-14-15(9-11)18(28)13-4-2-1-3-12(13)17(14)27/h1-6,9,16,19-21,23,25-26,29-31H,7-8,10H2,(H,24,32). The van der Waals surface area contributed by atoms with Crippen LogP contribution in [-0.2, 0) is 4.79 Å². The smallest absolute Gasteiger partial charge is 0.251 e. The molecule has 0 bridgehead atoms. The highest BCUT2D eigenvalue weighted by Crippen LogP contribution is 2.29. The number of ketones is 2. The van der Waals surface area contributed by atoms with E-state index in [2.05, 4.69) is 10.6 Å². The first-order chi connectivity index (χ1) is 15.3. The van der Waals surface area contributed by atoms with Crippen LogP contribution in [-0.4, -0.2) is 87.1 Å². The van der Waals surface area contributed by atoms with Crippen LogP contribution in [0.25, 0.3) is 0 Å². The number of aliphatic hydroxyl groups is 5. The predicted octanol–water partition coefficient (Wildman–Crippen LogP) is -1.57. The highest BCUT2D eigenvalue weighted by atomic mass is 16.4. The molecule has 1 aliphatic rings. The second-order valence-electron chi connectivity index (χ2n) is 7.36. The maximum atomic E-state index is 12.7. The van der Waals surface area contributed by atoms with Crippen LogP contribution in [0, 0.1) is 0 Å². The largest absolute Gasteiger partial charge is 0.394 e. The van der Waals surface area contributed by atoms with Gasteiger partial charge in [-0.1, -0.05) is 24.3 Å². The van der Waals surface area contributed by atoms with Crippen molar-refractivity contribution in [2.24, 2.45) is 0 Å². The lowest BCUT2D eigenvalue weighted by Crippen LogP contribution is -2.52. The number of nitrogens with one attached hydrogen (secondary N) is 2. The number of benzene rings is 2. The van der Waals surface area contributed by atoms with Crippen LogP contribution in [0.15, 0.2) is 42.5 Å².